The van der Waals surface area contributed by atoms with E-state index in [0.717, 1.165) is 29.7 Å². The molecule has 1 aliphatic heterocycles. The summed E-state index contributed by atoms with van der Waals surface area (Å²) in [7, 11) is 0. The van der Waals surface area contributed by atoms with E-state index in [1.165, 1.54) is 64.0 Å². The molecule has 0 aliphatic carbocycles. The van der Waals surface area contributed by atoms with Crippen LogP contribution in [0.25, 0.3) is 52.8 Å². The Morgan fingerprint density at radius 1 is 0.410 bits per heavy atom. The third-order valence-electron chi connectivity index (χ3n) is 11.7. The summed E-state index contributed by atoms with van der Waals surface area (Å²) in [5.74, 6) is 0.245. The number of aryl methyl sites for hydroxylation is 1. The molecule has 0 fully saturated rings. The Labute approximate surface area is 367 Å². The summed E-state index contributed by atoms with van der Waals surface area (Å²) in [5, 5.41) is 8.98. The van der Waals surface area contributed by atoms with Crippen LogP contribution in [0.4, 0.5) is 0 Å². The van der Waals surface area contributed by atoms with Crippen LogP contribution in [0.1, 0.15) is 57.9 Å². The van der Waals surface area contributed by atoms with Crippen molar-refractivity contribution in [3.05, 3.63) is 263 Å². The zero-order valence-corrected chi connectivity index (χ0v) is 35.4. The van der Waals surface area contributed by atoms with Gasteiger partial charge in [0.15, 0.2) is 0 Å². The van der Waals surface area contributed by atoms with Crippen LogP contribution in [-0.2, 0) is 6.42 Å². The second-order valence-electron chi connectivity index (χ2n) is 15.6. The fourth-order valence-corrected chi connectivity index (χ4v) is 10.4. The lowest BCUT2D eigenvalue weighted by Gasteiger charge is -2.44. The van der Waals surface area contributed by atoms with Crippen LogP contribution in [0.3, 0.4) is 0 Å². The van der Waals surface area contributed by atoms with Crippen LogP contribution in [0, 0.1) is 0 Å². The van der Waals surface area contributed by atoms with Crippen LogP contribution in [-0.4, -0.2) is 0 Å². The van der Waals surface area contributed by atoms with Gasteiger partial charge in [-0.15, -0.1) is 28.4 Å². The summed E-state index contributed by atoms with van der Waals surface area (Å²) in [6.07, 6.45) is 4.10. The molecule has 3 heterocycles. The average molecular weight is 822 g/mol. The van der Waals surface area contributed by atoms with Gasteiger partial charge in [-0.2, -0.15) is 0 Å². The van der Waals surface area contributed by atoms with Gasteiger partial charge in [0.25, 0.3) is 0 Å². The Morgan fingerprint density at radius 3 is 1.30 bits per heavy atom. The molecule has 2 nitrogen and oxygen atoms in total. The molecule has 7 aromatic carbocycles. The average Bonchev–Trinajstić information content (AvgIpc) is 4.05. The van der Waals surface area contributed by atoms with E-state index in [4.69, 9.17) is 5.32 Å². The molecule has 1 aliphatic rings. The Bertz CT molecular complexity index is 2700. The first-order valence-electron chi connectivity index (χ1n) is 21.1. The minimum Gasteiger partial charge on any atom is -0.666 e. The molecule has 0 bridgehead atoms. The molecule has 1 N–H and O–H groups in total. The summed E-state index contributed by atoms with van der Waals surface area (Å²) in [5.41, 5.74) is 13.6. The van der Waals surface area contributed by atoms with Gasteiger partial charge in [-0.25, -0.2) is 0 Å². The van der Waals surface area contributed by atoms with Gasteiger partial charge in [0.05, 0.1) is 0 Å². The predicted molar refractivity (Wildman–Crippen MR) is 260 cm³/mol. The van der Waals surface area contributed by atoms with Crippen LogP contribution in [0.15, 0.2) is 224 Å². The quantitative estimate of drug-likeness (QED) is 0.131. The second-order valence-corrected chi connectivity index (χ2v) is 17.8. The lowest BCUT2D eigenvalue weighted by molar-refractivity contribution is 0.541. The Kier molecular flexibility index (Phi) is 11.4. The van der Waals surface area contributed by atoms with Gasteiger partial charge in [-0.3, -0.25) is 0 Å². The first-order valence-corrected chi connectivity index (χ1v) is 22.7. The van der Waals surface area contributed by atoms with E-state index >= 15 is 0 Å². The second kappa shape index (κ2) is 18.0. The van der Waals surface area contributed by atoms with Crippen molar-refractivity contribution in [1.29, 1.82) is 0 Å². The van der Waals surface area contributed by atoms with Crippen molar-refractivity contribution in [2.24, 2.45) is 0 Å². The van der Waals surface area contributed by atoms with Gasteiger partial charge < -0.3 is 10.6 Å². The Balaban J connectivity index is 0.905. The van der Waals surface area contributed by atoms with Crippen LogP contribution >= 0.6 is 22.7 Å². The third-order valence-corrected chi connectivity index (χ3v) is 14.1. The fourth-order valence-electron chi connectivity index (χ4n) is 8.36. The summed E-state index contributed by atoms with van der Waals surface area (Å²) in [4.78, 5) is 5.17. The Hall–Kier alpha value is -6.56. The molecule has 4 heteroatoms. The third kappa shape index (κ3) is 8.85. The van der Waals surface area contributed by atoms with Crippen molar-refractivity contribution in [3.8, 4) is 41.8 Å². The molecule has 0 saturated heterocycles. The minimum atomic E-state index is -0.124. The summed E-state index contributed by atoms with van der Waals surface area (Å²) >= 11 is 3.71. The first-order chi connectivity index (χ1) is 30.2. The fraction of sp³-hybridized carbons (Fsp3) is 0.0877. The molecule has 0 spiro atoms. The van der Waals surface area contributed by atoms with E-state index in [1.54, 1.807) is 0 Å². The zero-order valence-electron chi connectivity index (χ0n) is 33.8. The lowest BCUT2D eigenvalue weighted by Crippen LogP contribution is -2.28. The monoisotopic (exact) mass is 821 g/mol. The topological polar surface area (TPSA) is 26.1 Å². The van der Waals surface area contributed by atoms with Crippen LogP contribution in [0.5, 0.6) is 0 Å². The maximum absolute atomic E-state index is 5.22. The number of nitrogens with one attached hydrogen (secondary N) is 1. The van der Waals surface area contributed by atoms with Gasteiger partial charge in [0, 0.05) is 31.5 Å². The molecule has 10 rings (SSSR count). The highest BCUT2D eigenvalue weighted by molar-refractivity contribution is 7.19. The van der Waals surface area contributed by atoms with Gasteiger partial charge in [-0.1, -0.05) is 200 Å². The van der Waals surface area contributed by atoms with Crippen molar-refractivity contribution in [1.82, 2.24) is 5.32 Å². The Morgan fingerprint density at radius 2 is 0.820 bits per heavy atom. The number of rotatable bonds is 12. The molecular formula is C57H45N2S2-. The highest BCUT2D eigenvalue weighted by atomic mass is 32.1. The summed E-state index contributed by atoms with van der Waals surface area (Å²) in [6.45, 7) is 0. The number of hydrogen-bond acceptors (Lipinski definition) is 3. The molecule has 0 radical (unpaired) electrons. The highest BCUT2D eigenvalue weighted by Gasteiger charge is 2.19. The highest BCUT2D eigenvalue weighted by Crippen LogP contribution is 2.41. The van der Waals surface area contributed by atoms with Crippen molar-refractivity contribution < 1.29 is 0 Å². The van der Waals surface area contributed by atoms with Gasteiger partial charge >= 0.3 is 0 Å². The molecule has 2 aromatic heterocycles. The summed E-state index contributed by atoms with van der Waals surface area (Å²) in [6, 6.07) is 79.3. The van der Waals surface area contributed by atoms with E-state index in [1.807, 2.05) is 22.7 Å². The van der Waals surface area contributed by atoms with Gasteiger partial charge in [-0.05, 0) is 98.9 Å². The van der Waals surface area contributed by atoms with E-state index in [0.29, 0.717) is 0 Å². The zero-order chi connectivity index (χ0) is 40.8. The number of nitrogens with zero attached hydrogens (tertiary/aromatic N) is 1. The first kappa shape index (κ1) is 38.6. The smallest absolute Gasteiger partial charge is 0.0489 e. The predicted octanol–water partition coefficient (Wildman–Crippen LogP) is 16.0. The normalized spacial score (nSPS) is 15.0. The largest absolute Gasteiger partial charge is 0.666 e. The number of hydrogen-bond donors (Lipinski definition) is 1. The number of benzene rings is 7. The SMILES string of the molecule is C1=C(c2ccc(CCC(c3ccc(-c4ccc(-c5ccccc5)s4)cc3)c3ccc(-c4ccc(-c5ccccc5)s4)cc3)cc2)[N-]C(c2ccccc2)NC1c1ccccc1. The van der Waals surface area contributed by atoms with Crippen molar-refractivity contribution in [2.75, 3.05) is 0 Å². The molecule has 2 atom stereocenters. The molecule has 0 amide bonds. The lowest BCUT2D eigenvalue weighted by atomic mass is 9.85. The van der Waals surface area contributed by atoms with Crippen LogP contribution in [0.2, 0.25) is 0 Å². The van der Waals surface area contributed by atoms with Crippen molar-refractivity contribution >= 4 is 28.4 Å². The van der Waals surface area contributed by atoms with Gasteiger partial charge in [0.1, 0.15) is 0 Å². The van der Waals surface area contributed by atoms with E-state index < -0.39 is 0 Å². The molecule has 0 saturated carbocycles. The molecule has 61 heavy (non-hydrogen) atoms. The van der Waals surface area contributed by atoms with E-state index in [-0.39, 0.29) is 18.1 Å². The van der Waals surface area contributed by atoms with Crippen molar-refractivity contribution in [3.63, 3.8) is 0 Å². The van der Waals surface area contributed by atoms with E-state index in [2.05, 4.69) is 230 Å². The van der Waals surface area contributed by atoms with Crippen molar-refractivity contribution in [2.45, 2.75) is 31.0 Å². The molecule has 9 aromatic rings. The van der Waals surface area contributed by atoms with Gasteiger partial charge in [0.2, 0.25) is 0 Å². The maximum atomic E-state index is 5.22. The minimum absolute atomic E-state index is 0.0635. The molecular weight excluding hydrogens is 777 g/mol. The van der Waals surface area contributed by atoms with Crippen LogP contribution < -0.4 is 5.32 Å². The molecule has 2 unspecified atom stereocenters. The van der Waals surface area contributed by atoms with E-state index in [9.17, 15) is 0 Å². The molecule has 296 valence electrons. The standard InChI is InChI=1S/C57H45N2S2/c1-5-13-43(14-6-1)51-39-52(59-57(58-51)49-19-11-4-12-20-49)44-24-21-40(22-25-44)23-34-50(41-26-30-47(31-27-41)55-37-35-53(60-55)45-15-7-2-8-16-45)42-28-32-48(33-29-42)56-38-36-54(61-56)46-17-9-3-10-18-46/h1-22,24-33,35-39,50-51,57-58H,23,34H2/q-1. The summed E-state index contributed by atoms with van der Waals surface area (Å²) < 4.78 is 0. The maximum Gasteiger partial charge on any atom is 0.0489 e. The number of thiophene rings is 2.